The lowest BCUT2D eigenvalue weighted by atomic mass is 9.93. The lowest BCUT2D eigenvalue weighted by molar-refractivity contribution is -0.141. The zero-order valence-corrected chi connectivity index (χ0v) is 16.8. The number of benzene rings is 1. The molecule has 0 radical (unpaired) electrons. The molecular formula is C17H26N2O2SSi. The Morgan fingerprint density at radius 2 is 1.91 bits per heavy atom. The van der Waals surface area contributed by atoms with Gasteiger partial charge in [0, 0.05) is 6.92 Å². The Labute approximate surface area is 146 Å². The lowest BCUT2D eigenvalue weighted by Crippen LogP contribution is -2.69. The van der Waals surface area contributed by atoms with Crippen LogP contribution in [0.3, 0.4) is 0 Å². The lowest BCUT2D eigenvalue weighted by Gasteiger charge is -2.47. The largest absolute Gasteiger partial charge is 0.360 e. The minimum Gasteiger partial charge on any atom is -0.360 e. The highest BCUT2D eigenvalue weighted by Crippen LogP contribution is 2.34. The van der Waals surface area contributed by atoms with E-state index in [4.69, 9.17) is 0 Å². The van der Waals surface area contributed by atoms with E-state index in [2.05, 4.69) is 69.9 Å². The first-order valence-electron chi connectivity index (χ1n) is 7.97. The average Bonchev–Trinajstić information content (AvgIpc) is 3.07. The standard InChI is InChI=1S/C11H22N2O2SSi.C6H4/c1-6(11(3,4)5)17-13-9(15)8(10(13)16)12-7(2)14;1-2-5-4-6(5)3-1/h6,8,10,16H,17H2,1-5H3,(H,12,14);1-4H/t6?,8-,10-;/m1./s1. The fraction of sp³-hybridized carbons (Fsp3) is 0.529. The number of carbonyl (C=O) groups excluding carboxylic acids is 2. The van der Waals surface area contributed by atoms with Gasteiger partial charge in [-0.05, 0) is 28.1 Å². The van der Waals surface area contributed by atoms with Gasteiger partial charge in [0.1, 0.15) is 15.7 Å². The van der Waals surface area contributed by atoms with Crippen molar-refractivity contribution in [3.05, 3.63) is 24.3 Å². The zero-order chi connectivity index (χ0) is 17.4. The molecule has 3 atom stereocenters. The molecule has 1 heterocycles. The molecule has 3 rings (SSSR count). The molecule has 0 spiro atoms. The van der Waals surface area contributed by atoms with Gasteiger partial charge in [-0.3, -0.25) is 9.59 Å². The fourth-order valence-electron chi connectivity index (χ4n) is 2.33. The fourth-order valence-corrected chi connectivity index (χ4v) is 4.87. The van der Waals surface area contributed by atoms with E-state index in [1.165, 1.54) is 18.1 Å². The number of hydrogen-bond acceptors (Lipinski definition) is 3. The van der Waals surface area contributed by atoms with Crippen LogP contribution in [0.1, 0.15) is 34.6 Å². The molecule has 0 aromatic rings. The molecular weight excluding hydrogens is 324 g/mol. The molecule has 23 heavy (non-hydrogen) atoms. The predicted octanol–water partition coefficient (Wildman–Crippen LogP) is 2.19. The maximum Gasteiger partial charge on any atom is 0.240 e. The van der Waals surface area contributed by atoms with Crippen LogP contribution >= 0.6 is 12.6 Å². The van der Waals surface area contributed by atoms with Gasteiger partial charge in [0.2, 0.25) is 11.8 Å². The SMILES string of the molecule is CC(=O)N[C@@H]1C(=O)N([SiH2]C(C)C(C)(C)C)[C@@H]1S.c1cc2cc-2c1. The van der Waals surface area contributed by atoms with Crippen molar-refractivity contribution in [2.45, 2.75) is 51.6 Å². The van der Waals surface area contributed by atoms with Crippen LogP contribution in [0.2, 0.25) is 5.54 Å². The van der Waals surface area contributed by atoms with Crippen molar-refractivity contribution in [2.75, 3.05) is 0 Å². The molecule has 0 saturated carbocycles. The van der Waals surface area contributed by atoms with Crippen LogP contribution in [0, 0.1) is 5.41 Å². The number of carbonyl (C=O) groups is 2. The van der Waals surface area contributed by atoms with Gasteiger partial charge in [0.15, 0.2) is 0 Å². The van der Waals surface area contributed by atoms with E-state index >= 15 is 0 Å². The number of rotatable bonds is 3. The predicted molar refractivity (Wildman–Crippen MR) is 100 cm³/mol. The third-order valence-electron chi connectivity index (χ3n) is 4.59. The second kappa shape index (κ2) is 6.69. The first kappa shape index (κ1) is 18.1. The summed E-state index contributed by atoms with van der Waals surface area (Å²) in [6.07, 6.45) is 0. The summed E-state index contributed by atoms with van der Waals surface area (Å²) in [7, 11) is -0.662. The van der Waals surface area contributed by atoms with Gasteiger partial charge in [-0.2, -0.15) is 12.6 Å². The van der Waals surface area contributed by atoms with Crippen LogP contribution in [-0.4, -0.2) is 37.5 Å². The molecule has 1 aliphatic heterocycles. The molecule has 0 bridgehead atoms. The Balaban J connectivity index is 0.000000260. The molecule has 2 aliphatic carbocycles. The van der Waals surface area contributed by atoms with Gasteiger partial charge >= 0.3 is 0 Å². The van der Waals surface area contributed by atoms with Crippen molar-refractivity contribution in [3.63, 3.8) is 0 Å². The van der Waals surface area contributed by atoms with Crippen molar-refractivity contribution in [2.24, 2.45) is 5.41 Å². The number of β-lactam (4-membered cyclic amide) rings is 1. The second-order valence-corrected chi connectivity index (χ2v) is 10.2. The summed E-state index contributed by atoms with van der Waals surface area (Å²) in [5.74, 6) is -0.143. The van der Waals surface area contributed by atoms with Gasteiger partial charge in [-0.25, -0.2) is 0 Å². The Morgan fingerprint density at radius 1 is 1.35 bits per heavy atom. The molecule has 4 nitrogen and oxygen atoms in total. The van der Waals surface area contributed by atoms with E-state index in [-0.39, 0.29) is 22.6 Å². The van der Waals surface area contributed by atoms with E-state index < -0.39 is 15.7 Å². The summed E-state index contributed by atoms with van der Waals surface area (Å²) < 4.78 is 1.86. The first-order valence-corrected chi connectivity index (χ1v) is 9.94. The summed E-state index contributed by atoms with van der Waals surface area (Å²) in [5.41, 5.74) is 3.60. The van der Waals surface area contributed by atoms with E-state index in [0.29, 0.717) is 5.54 Å². The minimum atomic E-state index is -0.662. The Kier molecular flexibility index (Phi) is 5.26. The number of thiol groups is 1. The van der Waals surface area contributed by atoms with Crippen LogP contribution in [0.4, 0.5) is 0 Å². The molecule has 3 aliphatic rings. The zero-order valence-electron chi connectivity index (χ0n) is 14.5. The van der Waals surface area contributed by atoms with Crippen molar-refractivity contribution in [1.29, 1.82) is 0 Å². The van der Waals surface area contributed by atoms with Gasteiger partial charge in [0.25, 0.3) is 0 Å². The van der Waals surface area contributed by atoms with Crippen LogP contribution in [0.25, 0.3) is 11.1 Å². The smallest absolute Gasteiger partial charge is 0.240 e. The van der Waals surface area contributed by atoms with Crippen molar-refractivity contribution < 1.29 is 9.59 Å². The molecule has 0 aromatic carbocycles. The Bertz CT molecular complexity index is 598. The summed E-state index contributed by atoms with van der Waals surface area (Å²) in [5, 5.41) is 2.50. The van der Waals surface area contributed by atoms with Crippen LogP contribution in [0.5, 0.6) is 0 Å². The number of amides is 2. The maximum atomic E-state index is 11.9. The van der Waals surface area contributed by atoms with Crippen molar-refractivity contribution in [3.8, 4) is 11.1 Å². The molecule has 0 aromatic heterocycles. The highest BCUT2D eigenvalue weighted by molar-refractivity contribution is 7.81. The number of hydrogen-bond donors (Lipinski definition) is 2. The third-order valence-corrected chi connectivity index (χ3v) is 8.34. The highest BCUT2D eigenvalue weighted by atomic mass is 32.1. The monoisotopic (exact) mass is 350 g/mol. The summed E-state index contributed by atoms with van der Waals surface area (Å²) >= 11 is 4.40. The van der Waals surface area contributed by atoms with Crippen LogP contribution in [-0.2, 0) is 9.59 Å². The highest BCUT2D eigenvalue weighted by Gasteiger charge is 2.46. The number of fused-ring (bicyclic) bond motifs is 1. The summed E-state index contributed by atoms with van der Waals surface area (Å²) in [6.45, 7) is 10.2. The molecule has 1 fully saturated rings. The topological polar surface area (TPSA) is 49.4 Å². The van der Waals surface area contributed by atoms with Crippen LogP contribution in [0.15, 0.2) is 24.3 Å². The average molecular weight is 351 g/mol. The second-order valence-electron chi connectivity index (χ2n) is 7.43. The quantitative estimate of drug-likeness (QED) is 0.506. The van der Waals surface area contributed by atoms with E-state index in [1.54, 1.807) is 0 Å². The first-order chi connectivity index (χ1) is 10.6. The van der Waals surface area contributed by atoms with Crippen LogP contribution < -0.4 is 5.32 Å². The minimum absolute atomic E-state index is 0.0305. The van der Waals surface area contributed by atoms with Crippen molar-refractivity contribution in [1.82, 2.24) is 9.88 Å². The number of nitrogens with one attached hydrogen (secondary N) is 1. The summed E-state index contributed by atoms with van der Waals surface area (Å²) in [4.78, 5) is 22.8. The Morgan fingerprint density at radius 3 is 2.22 bits per heavy atom. The van der Waals surface area contributed by atoms with Gasteiger partial charge < -0.3 is 9.88 Å². The van der Waals surface area contributed by atoms with Gasteiger partial charge in [-0.15, -0.1) is 0 Å². The summed E-state index contributed by atoms with van der Waals surface area (Å²) in [6, 6.07) is 8.06. The molecule has 2 amide bonds. The Hall–Kier alpha value is -1.27. The van der Waals surface area contributed by atoms with E-state index in [9.17, 15) is 9.59 Å². The maximum absolute atomic E-state index is 11.9. The van der Waals surface area contributed by atoms with Gasteiger partial charge in [-0.1, -0.05) is 45.9 Å². The van der Waals surface area contributed by atoms with E-state index in [0.717, 1.165) is 0 Å². The number of nitrogens with zero attached hydrogens (tertiary/aromatic N) is 1. The molecule has 6 heteroatoms. The molecule has 126 valence electrons. The van der Waals surface area contributed by atoms with Gasteiger partial charge in [0.05, 0.1) is 5.37 Å². The molecule has 1 unspecified atom stereocenters. The molecule has 1 saturated heterocycles. The molecule has 1 N–H and O–H groups in total. The normalized spacial score (nSPS) is 23.0. The third kappa shape index (κ3) is 4.38. The van der Waals surface area contributed by atoms with E-state index in [1.807, 2.05) is 4.57 Å². The van der Waals surface area contributed by atoms with Crippen molar-refractivity contribution >= 4 is 34.1 Å².